The maximum absolute atomic E-state index is 13.4. The Morgan fingerprint density at radius 1 is 1.00 bits per heavy atom. The third kappa shape index (κ3) is 5.43. The topological polar surface area (TPSA) is 29.2 Å². The van der Waals surface area contributed by atoms with Crippen LogP contribution in [0.15, 0.2) is 48.5 Å². The molecule has 0 spiro atoms. The molecular formula is C22H25F4N5S. The first-order valence-corrected chi connectivity index (χ1v) is 10.3. The number of hydrogen-bond acceptors (Lipinski definition) is 4. The maximum Gasteiger partial charge on any atom is 0.416 e. The number of hydrogen-bond donors (Lipinski definition) is 0. The molecule has 2 aromatic carbocycles. The van der Waals surface area contributed by atoms with Crippen molar-refractivity contribution in [3.63, 3.8) is 0 Å². The average Bonchev–Trinajstić information content (AvgIpc) is 3.03. The number of nitrogens with zero attached hydrogens (tertiary/aromatic N) is 5. The van der Waals surface area contributed by atoms with E-state index in [0.29, 0.717) is 29.5 Å². The lowest BCUT2D eigenvalue weighted by Crippen LogP contribution is -2.23. The van der Waals surface area contributed by atoms with Crippen molar-refractivity contribution in [3.05, 3.63) is 76.1 Å². The number of alkyl halides is 3. The molecule has 0 N–H and O–H groups in total. The molecule has 0 saturated heterocycles. The van der Waals surface area contributed by atoms with E-state index in [0.717, 1.165) is 17.7 Å². The van der Waals surface area contributed by atoms with Crippen LogP contribution < -0.4 is 0 Å². The minimum atomic E-state index is -4.36. The summed E-state index contributed by atoms with van der Waals surface area (Å²) in [5, 5.41) is 4.71. The van der Waals surface area contributed by atoms with Gasteiger partial charge in [0.1, 0.15) is 5.82 Å². The number of aromatic nitrogens is 3. The summed E-state index contributed by atoms with van der Waals surface area (Å²) in [6, 6.07) is 11.1. The van der Waals surface area contributed by atoms with Gasteiger partial charge in [0.25, 0.3) is 0 Å². The molecule has 1 atom stereocenters. The van der Waals surface area contributed by atoms with Crippen molar-refractivity contribution in [2.24, 2.45) is 0 Å². The van der Waals surface area contributed by atoms with Crippen LogP contribution in [-0.2, 0) is 19.4 Å². The van der Waals surface area contributed by atoms with E-state index in [-0.39, 0.29) is 11.9 Å². The number of halogens is 4. The fourth-order valence-corrected chi connectivity index (χ4v) is 3.54. The predicted octanol–water partition coefficient (Wildman–Crippen LogP) is 5.27. The van der Waals surface area contributed by atoms with Crippen LogP contribution in [0.3, 0.4) is 0 Å². The first-order valence-electron chi connectivity index (χ1n) is 9.94. The zero-order valence-electron chi connectivity index (χ0n) is 18.3. The Hall–Kier alpha value is -2.56. The molecule has 0 aliphatic heterocycles. The second kappa shape index (κ2) is 9.51. The zero-order valence-corrected chi connectivity index (χ0v) is 19.1. The molecule has 3 aromatic rings. The standard InChI is InChI=1S/C22H25F4N5S/c1-15(28(2)3)20-27-30(21(32)31(20)19-11-9-18(23)10-12-19)14-29(4)13-16-5-7-17(8-6-16)22(24,25)26/h5-12,15H,13-14H2,1-4H3. The first kappa shape index (κ1) is 24.1. The molecule has 0 aliphatic carbocycles. The third-order valence-electron chi connectivity index (χ3n) is 5.21. The van der Waals surface area contributed by atoms with Crippen molar-refractivity contribution in [1.29, 1.82) is 0 Å². The van der Waals surface area contributed by atoms with Crippen LogP contribution in [0, 0.1) is 10.6 Å². The molecule has 10 heteroatoms. The van der Waals surface area contributed by atoms with E-state index in [2.05, 4.69) is 0 Å². The van der Waals surface area contributed by atoms with Crippen LogP contribution in [0.1, 0.15) is 29.9 Å². The Morgan fingerprint density at radius 2 is 1.59 bits per heavy atom. The molecule has 32 heavy (non-hydrogen) atoms. The van der Waals surface area contributed by atoms with Gasteiger partial charge in [-0.2, -0.15) is 18.3 Å². The fraction of sp³-hybridized carbons (Fsp3) is 0.364. The van der Waals surface area contributed by atoms with E-state index in [1.807, 2.05) is 42.4 Å². The van der Waals surface area contributed by atoms with E-state index in [9.17, 15) is 17.6 Å². The normalized spacial score (nSPS) is 13.2. The van der Waals surface area contributed by atoms with Gasteiger partial charge < -0.3 is 0 Å². The van der Waals surface area contributed by atoms with Gasteiger partial charge in [-0.25, -0.2) is 9.07 Å². The van der Waals surface area contributed by atoms with Crippen molar-refractivity contribution in [2.75, 3.05) is 21.1 Å². The lowest BCUT2D eigenvalue weighted by Gasteiger charge is -2.19. The molecule has 0 fully saturated rings. The summed E-state index contributed by atoms with van der Waals surface area (Å²) in [7, 11) is 5.70. The molecular weight excluding hydrogens is 442 g/mol. The molecule has 1 aromatic heterocycles. The molecule has 0 radical (unpaired) electrons. The predicted molar refractivity (Wildman–Crippen MR) is 117 cm³/mol. The first-order chi connectivity index (χ1) is 15.0. The van der Waals surface area contributed by atoms with E-state index < -0.39 is 11.7 Å². The smallest absolute Gasteiger partial charge is 0.300 e. The summed E-state index contributed by atoms with van der Waals surface area (Å²) >= 11 is 5.67. The second-order valence-corrected chi connectivity index (χ2v) is 8.31. The Morgan fingerprint density at radius 3 is 2.12 bits per heavy atom. The fourth-order valence-electron chi connectivity index (χ4n) is 3.24. The molecule has 172 valence electrons. The quantitative estimate of drug-likeness (QED) is 0.350. The van der Waals surface area contributed by atoms with Gasteiger partial charge >= 0.3 is 6.18 Å². The van der Waals surface area contributed by atoms with Gasteiger partial charge in [-0.1, -0.05) is 12.1 Å². The van der Waals surface area contributed by atoms with Gasteiger partial charge in [0, 0.05) is 12.2 Å². The maximum atomic E-state index is 13.4. The highest BCUT2D eigenvalue weighted by Crippen LogP contribution is 2.29. The van der Waals surface area contributed by atoms with Crippen molar-refractivity contribution in [1.82, 2.24) is 24.1 Å². The highest BCUT2D eigenvalue weighted by molar-refractivity contribution is 7.71. The van der Waals surface area contributed by atoms with Gasteiger partial charge in [-0.3, -0.25) is 14.4 Å². The minimum Gasteiger partial charge on any atom is -0.300 e. The monoisotopic (exact) mass is 467 g/mol. The molecule has 1 unspecified atom stereocenters. The van der Waals surface area contributed by atoms with E-state index in [4.69, 9.17) is 17.3 Å². The van der Waals surface area contributed by atoms with E-state index >= 15 is 0 Å². The Kier molecular flexibility index (Phi) is 7.16. The van der Waals surface area contributed by atoms with Crippen molar-refractivity contribution in [2.45, 2.75) is 32.4 Å². The van der Waals surface area contributed by atoms with Crippen LogP contribution in [0.25, 0.3) is 5.69 Å². The highest BCUT2D eigenvalue weighted by atomic mass is 32.1. The van der Waals surface area contributed by atoms with Gasteiger partial charge in [0.2, 0.25) is 4.77 Å². The minimum absolute atomic E-state index is 0.0665. The van der Waals surface area contributed by atoms with E-state index in [1.165, 1.54) is 24.3 Å². The summed E-state index contributed by atoms with van der Waals surface area (Å²) < 4.78 is 55.7. The number of rotatable bonds is 7. The van der Waals surface area contributed by atoms with Crippen LogP contribution in [-0.4, -0.2) is 45.3 Å². The van der Waals surface area contributed by atoms with Gasteiger partial charge in [0.15, 0.2) is 5.82 Å². The van der Waals surface area contributed by atoms with Gasteiger partial charge in [0.05, 0.1) is 18.3 Å². The molecule has 3 rings (SSSR count). The Bertz CT molecular complexity index is 1100. The average molecular weight is 468 g/mol. The lowest BCUT2D eigenvalue weighted by molar-refractivity contribution is -0.137. The third-order valence-corrected chi connectivity index (χ3v) is 5.60. The summed E-state index contributed by atoms with van der Waals surface area (Å²) in [6.45, 7) is 2.75. The van der Waals surface area contributed by atoms with Crippen molar-refractivity contribution < 1.29 is 17.6 Å². The van der Waals surface area contributed by atoms with Gasteiger partial charge in [-0.15, -0.1) is 0 Å². The zero-order chi connectivity index (χ0) is 23.6. The molecule has 0 bridgehead atoms. The number of benzene rings is 2. The summed E-state index contributed by atoms with van der Waals surface area (Å²) in [4.78, 5) is 3.90. The molecule has 0 aliphatic rings. The van der Waals surface area contributed by atoms with Crippen LogP contribution in [0.5, 0.6) is 0 Å². The van der Waals surface area contributed by atoms with Gasteiger partial charge in [-0.05, 0) is 82.2 Å². The Balaban J connectivity index is 1.87. The van der Waals surface area contributed by atoms with Crippen LogP contribution in [0.4, 0.5) is 17.6 Å². The molecule has 0 saturated carbocycles. The van der Waals surface area contributed by atoms with E-state index in [1.54, 1.807) is 16.8 Å². The van der Waals surface area contributed by atoms with Crippen LogP contribution in [0.2, 0.25) is 0 Å². The summed E-state index contributed by atoms with van der Waals surface area (Å²) in [5.74, 6) is 0.362. The largest absolute Gasteiger partial charge is 0.416 e. The SMILES string of the molecule is CC(c1nn(CN(C)Cc2ccc(C(F)(F)F)cc2)c(=S)n1-c1ccc(F)cc1)N(C)C. The van der Waals surface area contributed by atoms with Crippen molar-refractivity contribution in [3.8, 4) is 5.69 Å². The summed E-state index contributed by atoms with van der Waals surface area (Å²) in [5.41, 5.74) is 0.773. The lowest BCUT2D eigenvalue weighted by atomic mass is 10.1. The highest BCUT2D eigenvalue weighted by Gasteiger charge is 2.30. The van der Waals surface area contributed by atoms with Crippen LogP contribution >= 0.6 is 12.2 Å². The molecule has 5 nitrogen and oxygen atoms in total. The second-order valence-electron chi connectivity index (χ2n) is 7.94. The Labute approximate surface area is 189 Å². The van der Waals surface area contributed by atoms with Crippen molar-refractivity contribution >= 4 is 12.2 Å². The molecule has 0 amide bonds. The summed E-state index contributed by atoms with van der Waals surface area (Å²) in [6.07, 6.45) is -4.36. The molecule has 1 heterocycles.